The maximum Gasteiger partial charge on any atom is 0.239 e. The highest BCUT2D eigenvalue weighted by Gasteiger charge is 2.20. The highest BCUT2D eigenvalue weighted by molar-refractivity contribution is 5.82. The average Bonchev–Trinajstić information content (AvgIpc) is 2.73. The maximum atomic E-state index is 12.8. The van der Waals surface area contributed by atoms with Gasteiger partial charge in [0.15, 0.2) is 0 Å². The van der Waals surface area contributed by atoms with Gasteiger partial charge in [-0.3, -0.25) is 9.59 Å². The Morgan fingerprint density at radius 3 is 1.40 bits per heavy atom. The van der Waals surface area contributed by atoms with Gasteiger partial charge >= 0.3 is 0 Å². The lowest BCUT2D eigenvalue weighted by Gasteiger charge is -2.26. The summed E-state index contributed by atoms with van der Waals surface area (Å²) in [6, 6.07) is -0.611. The molecule has 0 bridgehead atoms. The molecule has 0 spiro atoms. The lowest BCUT2D eigenvalue weighted by molar-refractivity contribution is -0.133. The van der Waals surface area contributed by atoms with Gasteiger partial charge in [0.05, 0.1) is 6.04 Å². The van der Waals surface area contributed by atoms with Crippen molar-refractivity contribution in [3.8, 4) is 0 Å². The summed E-state index contributed by atoms with van der Waals surface area (Å²) in [5, 5.41) is 0. The van der Waals surface area contributed by atoms with Gasteiger partial charge in [-0.1, -0.05) is 104 Å². The lowest BCUT2D eigenvalue weighted by Crippen LogP contribution is -2.45. The first-order chi connectivity index (χ1) is 14.5. The van der Waals surface area contributed by atoms with Gasteiger partial charge in [-0.25, -0.2) is 0 Å². The molecule has 0 aliphatic heterocycles. The molecular formula is C25H51N3O2. The van der Waals surface area contributed by atoms with Crippen LogP contribution in [0, 0.1) is 0 Å². The molecule has 0 rings (SSSR count). The first-order valence-corrected chi connectivity index (χ1v) is 12.9. The van der Waals surface area contributed by atoms with Gasteiger partial charge < -0.3 is 16.4 Å². The lowest BCUT2D eigenvalue weighted by atomic mass is 10.1. The Balaban J connectivity index is 4.21. The summed E-state index contributed by atoms with van der Waals surface area (Å²) >= 11 is 0. The minimum absolute atomic E-state index is 0.0119. The fraction of sp³-hybridized carbons (Fsp3) is 0.920. The van der Waals surface area contributed by atoms with E-state index >= 15 is 0 Å². The van der Waals surface area contributed by atoms with Crippen LogP contribution >= 0.6 is 0 Å². The topological polar surface area (TPSA) is 89.4 Å². The number of unbranched alkanes of at least 4 members (excludes halogenated alkanes) is 14. The second kappa shape index (κ2) is 21.1. The molecule has 0 aliphatic carbocycles. The van der Waals surface area contributed by atoms with Crippen LogP contribution in [0.5, 0.6) is 0 Å². The predicted octanol–water partition coefficient (Wildman–Crippen LogP) is 5.69. The smallest absolute Gasteiger partial charge is 0.239 e. The number of hydrogen-bond donors (Lipinski definition) is 2. The van der Waals surface area contributed by atoms with Crippen molar-refractivity contribution in [2.24, 2.45) is 11.5 Å². The van der Waals surface area contributed by atoms with Gasteiger partial charge in [0, 0.05) is 19.5 Å². The molecule has 0 aliphatic rings. The molecule has 5 heteroatoms. The molecule has 5 nitrogen and oxygen atoms in total. The van der Waals surface area contributed by atoms with E-state index in [2.05, 4.69) is 13.8 Å². The Kier molecular flexibility index (Phi) is 20.4. The van der Waals surface area contributed by atoms with Crippen molar-refractivity contribution in [1.29, 1.82) is 0 Å². The molecule has 0 saturated heterocycles. The molecular weight excluding hydrogens is 374 g/mol. The Bertz CT molecular complexity index is 395. The molecule has 1 atom stereocenters. The summed E-state index contributed by atoms with van der Waals surface area (Å²) in [6.07, 6.45) is 20.6. The van der Waals surface area contributed by atoms with Crippen molar-refractivity contribution >= 4 is 11.8 Å². The van der Waals surface area contributed by atoms with Crippen LogP contribution < -0.4 is 11.5 Å². The van der Waals surface area contributed by atoms with Crippen molar-refractivity contribution in [2.75, 3.05) is 13.1 Å². The molecule has 0 heterocycles. The highest BCUT2D eigenvalue weighted by atomic mass is 16.2. The number of carbonyl (C=O) groups is 2. The minimum atomic E-state index is -0.611. The van der Waals surface area contributed by atoms with Crippen LogP contribution in [0.15, 0.2) is 0 Å². The van der Waals surface area contributed by atoms with E-state index in [0.29, 0.717) is 6.42 Å². The molecule has 0 aromatic rings. The van der Waals surface area contributed by atoms with Crippen LogP contribution in [0.2, 0.25) is 0 Å². The van der Waals surface area contributed by atoms with E-state index in [-0.39, 0.29) is 12.3 Å². The highest BCUT2D eigenvalue weighted by Crippen LogP contribution is 2.12. The van der Waals surface area contributed by atoms with E-state index in [1.807, 2.05) is 4.90 Å². The molecule has 2 amide bonds. The first-order valence-electron chi connectivity index (χ1n) is 12.9. The number of nitrogens with zero attached hydrogens (tertiary/aromatic N) is 1. The molecule has 0 radical (unpaired) electrons. The van der Waals surface area contributed by atoms with E-state index in [1.165, 1.54) is 89.9 Å². The van der Waals surface area contributed by atoms with E-state index in [1.54, 1.807) is 0 Å². The number of rotatable bonds is 22. The van der Waals surface area contributed by atoms with Crippen LogP contribution in [0.4, 0.5) is 0 Å². The second-order valence-corrected chi connectivity index (χ2v) is 8.89. The molecule has 4 N–H and O–H groups in total. The number of nitrogens with two attached hydrogens (primary N) is 2. The second-order valence-electron chi connectivity index (χ2n) is 8.89. The summed E-state index contributed by atoms with van der Waals surface area (Å²) < 4.78 is 0. The van der Waals surface area contributed by atoms with Gasteiger partial charge in [-0.15, -0.1) is 0 Å². The Labute approximate surface area is 186 Å². The van der Waals surface area contributed by atoms with E-state index in [4.69, 9.17) is 11.5 Å². The minimum Gasteiger partial charge on any atom is -0.370 e. The van der Waals surface area contributed by atoms with Gasteiger partial charge in [0.1, 0.15) is 0 Å². The van der Waals surface area contributed by atoms with Gasteiger partial charge in [-0.2, -0.15) is 0 Å². The molecule has 0 saturated carbocycles. The van der Waals surface area contributed by atoms with Crippen LogP contribution in [0.1, 0.15) is 129 Å². The van der Waals surface area contributed by atoms with Crippen LogP contribution in [-0.2, 0) is 9.59 Å². The summed E-state index contributed by atoms with van der Waals surface area (Å²) in [5.41, 5.74) is 11.3. The van der Waals surface area contributed by atoms with E-state index < -0.39 is 11.9 Å². The zero-order valence-corrected chi connectivity index (χ0v) is 20.1. The maximum absolute atomic E-state index is 12.8. The average molecular weight is 426 g/mol. The third kappa shape index (κ3) is 17.7. The van der Waals surface area contributed by atoms with Crippen molar-refractivity contribution in [3.63, 3.8) is 0 Å². The Morgan fingerprint density at radius 2 is 1.03 bits per heavy atom. The van der Waals surface area contributed by atoms with Crippen molar-refractivity contribution in [2.45, 2.75) is 135 Å². The number of carbonyl (C=O) groups excluding carboxylic acids is 2. The fourth-order valence-corrected chi connectivity index (χ4v) is 3.86. The zero-order chi connectivity index (χ0) is 22.5. The van der Waals surface area contributed by atoms with Crippen LogP contribution in [-0.4, -0.2) is 35.8 Å². The third-order valence-corrected chi connectivity index (χ3v) is 5.89. The van der Waals surface area contributed by atoms with Crippen molar-refractivity contribution in [3.05, 3.63) is 0 Å². The molecule has 0 aromatic carbocycles. The molecule has 30 heavy (non-hydrogen) atoms. The van der Waals surface area contributed by atoms with Gasteiger partial charge in [-0.05, 0) is 19.3 Å². The predicted molar refractivity (Wildman–Crippen MR) is 128 cm³/mol. The quantitative estimate of drug-likeness (QED) is 0.218. The number of primary amides is 1. The van der Waals surface area contributed by atoms with Gasteiger partial charge in [0.2, 0.25) is 11.8 Å². The first kappa shape index (κ1) is 28.9. The SMILES string of the molecule is CCCCCCCCCCN(CCCCCCCCCC)C(=O)[C@@H](N)CCC(N)=O. The summed E-state index contributed by atoms with van der Waals surface area (Å²) in [5.74, 6) is -0.405. The monoisotopic (exact) mass is 425 g/mol. The fourth-order valence-electron chi connectivity index (χ4n) is 3.86. The number of hydrogen-bond acceptors (Lipinski definition) is 3. The normalized spacial score (nSPS) is 12.1. The number of amides is 2. The summed E-state index contributed by atoms with van der Waals surface area (Å²) in [4.78, 5) is 25.7. The van der Waals surface area contributed by atoms with Gasteiger partial charge in [0.25, 0.3) is 0 Å². The zero-order valence-electron chi connectivity index (χ0n) is 20.1. The van der Waals surface area contributed by atoms with E-state index in [9.17, 15) is 9.59 Å². The molecule has 0 fully saturated rings. The van der Waals surface area contributed by atoms with Crippen molar-refractivity contribution in [1.82, 2.24) is 4.90 Å². The Morgan fingerprint density at radius 1 is 0.667 bits per heavy atom. The third-order valence-electron chi connectivity index (χ3n) is 5.89. The summed E-state index contributed by atoms with van der Waals surface area (Å²) in [7, 11) is 0. The standard InChI is InChI=1S/C25H51N3O2/c1-3-5-7-9-11-13-15-17-21-28(25(30)23(26)19-20-24(27)29)22-18-16-14-12-10-8-6-4-2/h23H,3-22,26H2,1-2H3,(H2,27,29)/t23-/m0/s1. The van der Waals surface area contributed by atoms with E-state index in [0.717, 1.165) is 25.9 Å². The van der Waals surface area contributed by atoms with Crippen molar-refractivity contribution < 1.29 is 9.59 Å². The Hall–Kier alpha value is -1.10. The van der Waals surface area contributed by atoms with Crippen LogP contribution in [0.25, 0.3) is 0 Å². The largest absolute Gasteiger partial charge is 0.370 e. The molecule has 178 valence electrons. The summed E-state index contributed by atoms with van der Waals surface area (Å²) in [6.45, 7) is 6.06. The molecule has 0 unspecified atom stereocenters. The van der Waals surface area contributed by atoms with Crippen LogP contribution in [0.3, 0.4) is 0 Å². The molecule has 0 aromatic heterocycles.